The summed E-state index contributed by atoms with van der Waals surface area (Å²) >= 11 is 5.61. The highest BCUT2D eigenvalue weighted by Gasteiger charge is 2.05. The number of nitrogens with zero attached hydrogens (tertiary/aromatic N) is 2. The van der Waals surface area contributed by atoms with Crippen molar-refractivity contribution in [3.63, 3.8) is 0 Å². The summed E-state index contributed by atoms with van der Waals surface area (Å²) in [6.45, 7) is 0. The molecule has 1 atom stereocenters. The van der Waals surface area contributed by atoms with Crippen LogP contribution in [0.25, 0.3) is 0 Å². The second kappa shape index (κ2) is 3.82. The lowest BCUT2D eigenvalue weighted by atomic mass is 10.6. The molecule has 4 nitrogen and oxygen atoms in total. The lowest BCUT2D eigenvalue weighted by Gasteiger charge is -2.00. The molecule has 0 unspecified atom stereocenters. The third kappa shape index (κ3) is 2.15. The van der Waals surface area contributed by atoms with Gasteiger partial charge in [0.05, 0.1) is 17.9 Å². The lowest BCUT2D eigenvalue weighted by Crippen LogP contribution is -1.99. The molecule has 0 N–H and O–H groups in total. The van der Waals surface area contributed by atoms with Crippen molar-refractivity contribution in [2.75, 3.05) is 13.4 Å². The Balaban J connectivity index is 3.15. The van der Waals surface area contributed by atoms with Gasteiger partial charge in [0, 0.05) is 12.3 Å². The maximum atomic E-state index is 10.9. The first-order valence-electron chi connectivity index (χ1n) is 3.05. The monoisotopic (exact) mass is 206 g/mol. The van der Waals surface area contributed by atoms with E-state index in [4.69, 9.17) is 16.3 Å². The predicted molar refractivity (Wildman–Crippen MR) is 45.9 cm³/mol. The molecule has 0 aromatic carbocycles. The Hall–Kier alpha value is -0.680. The maximum absolute atomic E-state index is 10.9. The molecule has 1 aromatic rings. The summed E-state index contributed by atoms with van der Waals surface area (Å²) in [6, 6.07) is 1.46. The van der Waals surface area contributed by atoms with E-state index in [-0.39, 0.29) is 10.3 Å². The van der Waals surface area contributed by atoms with Crippen LogP contribution in [0, 0.1) is 0 Å². The first-order chi connectivity index (χ1) is 5.63. The highest BCUT2D eigenvalue weighted by atomic mass is 35.5. The second-order valence-electron chi connectivity index (χ2n) is 1.97. The first-order valence-corrected chi connectivity index (χ1v) is 4.99. The summed E-state index contributed by atoms with van der Waals surface area (Å²) < 4.78 is 15.8. The van der Waals surface area contributed by atoms with Crippen LogP contribution < -0.4 is 4.74 Å². The highest BCUT2D eigenvalue weighted by Crippen LogP contribution is 2.14. The third-order valence-electron chi connectivity index (χ3n) is 1.12. The second-order valence-corrected chi connectivity index (χ2v) is 3.63. The van der Waals surface area contributed by atoms with E-state index in [0.717, 1.165) is 0 Å². The number of halogens is 1. The molecule has 1 rings (SSSR count). The van der Waals surface area contributed by atoms with Crippen LogP contribution in [0.5, 0.6) is 5.88 Å². The van der Waals surface area contributed by atoms with E-state index in [1.54, 1.807) is 0 Å². The SMILES string of the molecule is COc1cc(Cl)nc([S@](C)=O)n1. The fourth-order valence-electron chi connectivity index (χ4n) is 0.610. The van der Waals surface area contributed by atoms with Crippen LogP contribution in [0.15, 0.2) is 11.2 Å². The molecule has 1 aromatic heterocycles. The zero-order valence-electron chi connectivity index (χ0n) is 6.57. The van der Waals surface area contributed by atoms with Gasteiger partial charge in [-0.1, -0.05) is 11.6 Å². The van der Waals surface area contributed by atoms with E-state index in [9.17, 15) is 4.21 Å². The Bertz CT molecular complexity index is 318. The Morgan fingerprint density at radius 1 is 1.58 bits per heavy atom. The molecule has 66 valence electrons. The van der Waals surface area contributed by atoms with Crippen LogP contribution in [-0.4, -0.2) is 27.5 Å². The minimum atomic E-state index is -1.24. The maximum Gasteiger partial charge on any atom is 0.222 e. The van der Waals surface area contributed by atoms with E-state index in [1.165, 1.54) is 19.4 Å². The van der Waals surface area contributed by atoms with Crippen molar-refractivity contribution < 1.29 is 8.95 Å². The Kier molecular flexibility index (Phi) is 2.99. The van der Waals surface area contributed by atoms with Gasteiger partial charge in [-0.25, -0.2) is 4.98 Å². The van der Waals surface area contributed by atoms with E-state index in [0.29, 0.717) is 5.88 Å². The van der Waals surface area contributed by atoms with Gasteiger partial charge in [0.25, 0.3) is 0 Å². The standard InChI is InChI=1S/C6H7ClN2O2S/c1-11-5-3-4(7)8-6(9-5)12(2)10/h3H,1-2H3/t12-/m0/s1. The fourth-order valence-corrected chi connectivity index (χ4v) is 1.28. The summed E-state index contributed by atoms with van der Waals surface area (Å²) in [4.78, 5) is 7.59. The molecule has 0 radical (unpaired) electrons. The van der Waals surface area contributed by atoms with Crippen LogP contribution in [-0.2, 0) is 10.8 Å². The average Bonchev–Trinajstić information content (AvgIpc) is 2.03. The smallest absolute Gasteiger partial charge is 0.222 e. The van der Waals surface area contributed by atoms with E-state index >= 15 is 0 Å². The molecular weight excluding hydrogens is 200 g/mol. The van der Waals surface area contributed by atoms with Crippen molar-refractivity contribution in [1.82, 2.24) is 9.97 Å². The number of aromatic nitrogens is 2. The zero-order chi connectivity index (χ0) is 9.14. The van der Waals surface area contributed by atoms with Gasteiger partial charge in [-0.05, 0) is 0 Å². The van der Waals surface area contributed by atoms with Crippen LogP contribution in [0.2, 0.25) is 5.15 Å². The fraction of sp³-hybridized carbons (Fsp3) is 0.333. The van der Waals surface area contributed by atoms with Crippen LogP contribution >= 0.6 is 11.6 Å². The zero-order valence-corrected chi connectivity index (χ0v) is 8.15. The molecule has 0 saturated carbocycles. The molecule has 0 amide bonds. The van der Waals surface area contributed by atoms with Gasteiger partial charge in [-0.3, -0.25) is 4.21 Å². The van der Waals surface area contributed by atoms with E-state index in [2.05, 4.69) is 9.97 Å². The molecule has 12 heavy (non-hydrogen) atoms. The molecule has 0 spiro atoms. The summed E-state index contributed by atoms with van der Waals surface area (Å²) in [5.41, 5.74) is 0. The van der Waals surface area contributed by atoms with Crippen molar-refractivity contribution in [3.05, 3.63) is 11.2 Å². The van der Waals surface area contributed by atoms with Crippen molar-refractivity contribution in [2.45, 2.75) is 5.16 Å². The van der Waals surface area contributed by atoms with Crippen LogP contribution in [0.1, 0.15) is 0 Å². The number of rotatable bonds is 2. The Morgan fingerprint density at radius 2 is 2.25 bits per heavy atom. The van der Waals surface area contributed by atoms with Crippen molar-refractivity contribution in [2.24, 2.45) is 0 Å². The minimum absolute atomic E-state index is 0.180. The molecule has 1 heterocycles. The number of hydrogen-bond acceptors (Lipinski definition) is 4. The molecule has 0 aliphatic heterocycles. The molecule has 6 heteroatoms. The summed E-state index contributed by atoms with van der Waals surface area (Å²) in [5, 5.41) is 0.409. The molecule has 0 bridgehead atoms. The molecule has 0 saturated heterocycles. The normalized spacial score (nSPS) is 12.6. The number of ether oxygens (including phenoxy) is 1. The van der Waals surface area contributed by atoms with E-state index < -0.39 is 10.8 Å². The van der Waals surface area contributed by atoms with Gasteiger partial charge in [-0.2, -0.15) is 4.98 Å². The average molecular weight is 207 g/mol. The van der Waals surface area contributed by atoms with Gasteiger partial charge in [0.15, 0.2) is 0 Å². The van der Waals surface area contributed by atoms with Gasteiger partial charge < -0.3 is 4.74 Å². The molecule has 0 fully saturated rings. The quantitative estimate of drug-likeness (QED) is 0.533. The van der Waals surface area contributed by atoms with Crippen molar-refractivity contribution in [3.8, 4) is 5.88 Å². The van der Waals surface area contributed by atoms with Crippen molar-refractivity contribution in [1.29, 1.82) is 0 Å². The molecule has 0 aliphatic carbocycles. The predicted octanol–water partition coefficient (Wildman–Crippen LogP) is 0.876. The third-order valence-corrected chi connectivity index (χ3v) is 2.01. The lowest BCUT2D eigenvalue weighted by molar-refractivity contribution is 0.392. The summed E-state index contributed by atoms with van der Waals surface area (Å²) in [5.74, 6) is 0.320. The highest BCUT2D eigenvalue weighted by molar-refractivity contribution is 7.84. The van der Waals surface area contributed by atoms with Gasteiger partial charge in [0.2, 0.25) is 11.0 Å². The molecule has 0 aliphatic rings. The van der Waals surface area contributed by atoms with Gasteiger partial charge in [0.1, 0.15) is 5.15 Å². The number of hydrogen-bond donors (Lipinski definition) is 0. The molecular formula is C6H7ClN2O2S. The largest absolute Gasteiger partial charge is 0.481 e. The minimum Gasteiger partial charge on any atom is -0.481 e. The van der Waals surface area contributed by atoms with Crippen LogP contribution in [0.4, 0.5) is 0 Å². The van der Waals surface area contributed by atoms with E-state index in [1.807, 2.05) is 0 Å². The number of methoxy groups -OCH3 is 1. The Morgan fingerprint density at radius 3 is 2.75 bits per heavy atom. The summed E-state index contributed by atoms with van der Waals surface area (Å²) in [7, 11) is 0.222. The summed E-state index contributed by atoms with van der Waals surface area (Å²) in [6.07, 6.45) is 1.48. The van der Waals surface area contributed by atoms with Crippen LogP contribution in [0.3, 0.4) is 0 Å². The topological polar surface area (TPSA) is 52.1 Å². The van der Waals surface area contributed by atoms with Gasteiger partial charge in [-0.15, -0.1) is 0 Å². The Labute approximate surface area is 77.4 Å². The van der Waals surface area contributed by atoms with Gasteiger partial charge >= 0.3 is 0 Å². The first kappa shape index (κ1) is 9.41. The van der Waals surface area contributed by atoms with Crippen molar-refractivity contribution >= 4 is 22.4 Å².